The summed E-state index contributed by atoms with van der Waals surface area (Å²) in [5.41, 5.74) is 2.45. The van der Waals surface area contributed by atoms with Crippen LogP contribution in [0.3, 0.4) is 0 Å². The summed E-state index contributed by atoms with van der Waals surface area (Å²) in [5, 5.41) is 13.0. The average Bonchev–Trinajstić information content (AvgIpc) is 2.60. The minimum Gasteiger partial charge on any atom is -0.396 e. The van der Waals surface area contributed by atoms with E-state index in [1.807, 2.05) is 43.3 Å². The first-order chi connectivity index (χ1) is 11.2. The maximum Gasteiger partial charge on any atom is 0.180 e. The summed E-state index contributed by atoms with van der Waals surface area (Å²) >= 11 is 3.45. The Kier molecular flexibility index (Phi) is 4.83. The van der Waals surface area contributed by atoms with Crippen LogP contribution in [0.25, 0.3) is 11.2 Å². The van der Waals surface area contributed by atoms with Crippen molar-refractivity contribution < 1.29 is 5.11 Å². The number of benzene rings is 1. The fourth-order valence-corrected chi connectivity index (χ4v) is 2.69. The normalized spacial score (nSPS) is 13.7. The molecule has 118 valence electrons. The predicted octanol–water partition coefficient (Wildman–Crippen LogP) is 3.57. The molecule has 0 fully saturated rings. The topological polar surface area (TPSA) is 70.9 Å². The number of nitrogens with one attached hydrogen (secondary N) is 1. The Labute approximate surface area is 143 Å². The van der Waals surface area contributed by atoms with E-state index in [0.29, 0.717) is 11.5 Å². The van der Waals surface area contributed by atoms with E-state index in [9.17, 15) is 5.11 Å². The number of halogens is 1. The second-order valence-electron chi connectivity index (χ2n) is 5.43. The van der Waals surface area contributed by atoms with E-state index in [4.69, 9.17) is 0 Å². The Bertz CT molecular complexity index is 794. The van der Waals surface area contributed by atoms with Gasteiger partial charge >= 0.3 is 0 Å². The second-order valence-corrected chi connectivity index (χ2v) is 6.34. The maximum atomic E-state index is 9.58. The molecule has 0 unspecified atom stereocenters. The van der Waals surface area contributed by atoms with Crippen LogP contribution in [-0.2, 0) is 0 Å². The predicted molar refractivity (Wildman–Crippen MR) is 94.1 cm³/mol. The van der Waals surface area contributed by atoms with E-state index >= 15 is 0 Å². The highest BCUT2D eigenvalue weighted by Crippen LogP contribution is 2.27. The Balaban J connectivity index is 1.91. The summed E-state index contributed by atoms with van der Waals surface area (Å²) in [6, 6.07) is 11.8. The average molecular weight is 373 g/mol. The van der Waals surface area contributed by atoms with Gasteiger partial charge in [-0.2, -0.15) is 0 Å². The molecule has 0 aliphatic carbocycles. The van der Waals surface area contributed by atoms with Crippen molar-refractivity contribution in [1.29, 1.82) is 0 Å². The van der Waals surface area contributed by atoms with Crippen molar-refractivity contribution in [3.8, 4) is 0 Å². The van der Waals surface area contributed by atoms with Crippen molar-refractivity contribution in [1.82, 2.24) is 15.0 Å². The van der Waals surface area contributed by atoms with E-state index in [-0.39, 0.29) is 18.6 Å². The van der Waals surface area contributed by atoms with E-state index < -0.39 is 0 Å². The summed E-state index contributed by atoms with van der Waals surface area (Å²) in [7, 11) is 0. The molecule has 1 aromatic carbocycles. The third-order valence-electron chi connectivity index (χ3n) is 3.72. The molecule has 2 N–H and O–H groups in total. The van der Waals surface area contributed by atoms with Gasteiger partial charge in [0.15, 0.2) is 5.65 Å². The molecule has 0 aliphatic heterocycles. The van der Waals surface area contributed by atoms with Crippen molar-refractivity contribution in [3.05, 3.63) is 58.8 Å². The van der Waals surface area contributed by atoms with Gasteiger partial charge in [0, 0.05) is 29.4 Å². The first-order valence-corrected chi connectivity index (χ1v) is 8.17. The minimum absolute atomic E-state index is 0.0375. The third kappa shape index (κ3) is 3.65. The second kappa shape index (κ2) is 7.02. The highest BCUT2D eigenvalue weighted by Gasteiger charge is 2.19. The summed E-state index contributed by atoms with van der Waals surface area (Å²) in [6.07, 6.45) is 3.28. The molecule has 0 saturated heterocycles. The molecule has 0 amide bonds. The van der Waals surface area contributed by atoms with Gasteiger partial charge in [-0.25, -0.2) is 9.97 Å². The van der Waals surface area contributed by atoms with Gasteiger partial charge in [-0.1, -0.05) is 35.0 Å². The van der Waals surface area contributed by atoms with Crippen LogP contribution in [-0.4, -0.2) is 26.7 Å². The van der Waals surface area contributed by atoms with Crippen LogP contribution in [0.1, 0.15) is 18.5 Å². The molecular formula is C17H17BrN4O. The van der Waals surface area contributed by atoms with Crippen LogP contribution < -0.4 is 5.32 Å². The largest absolute Gasteiger partial charge is 0.396 e. The number of hydrogen-bond acceptors (Lipinski definition) is 5. The number of hydrogen-bond donors (Lipinski definition) is 2. The molecule has 0 spiro atoms. The monoisotopic (exact) mass is 372 g/mol. The molecule has 2 heterocycles. The first-order valence-electron chi connectivity index (χ1n) is 7.38. The van der Waals surface area contributed by atoms with Crippen LogP contribution in [0, 0.1) is 5.92 Å². The number of pyridine rings is 1. The van der Waals surface area contributed by atoms with Crippen molar-refractivity contribution in [2.75, 3.05) is 11.9 Å². The zero-order chi connectivity index (χ0) is 16.2. The Morgan fingerprint density at radius 1 is 1.09 bits per heavy atom. The van der Waals surface area contributed by atoms with Crippen molar-refractivity contribution in [3.63, 3.8) is 0 Å². The quantitative estimate of drug-likeness (QED) is 0.716. The summed E-state index contributed by atoms with van der Waals surface area (Å²) < 4.78 is 1.02. The highest BCUT2D eigenvalue weighted by atomic mass is 79.9. The summed E-state index contributed by atoms with van der Waals surface area (Å²) in [5.74, 6) is 0.752. The van der Waals surface area contributed by atoms with E-state index in [2.05, 4.69) is 36.2 Å². The molecule has 23 heavy (non-hydrogen) atoms. The van der Waals surface area contributed by atoms with Gasteiger partial charge in [0.2, 0.25) is 0 Å². The lowest BCUT2D eigenvalue weighted by molar-refractivity contribution is 0.222. The van der Waals surface area contributed by atoms with E-state index in [1.54, 1.807) is 12.4 Å². The molecule has 2 atom stereocenters. The lowest BCUT2D eigenvalue weighted by Crippen LogP contribution is -2.22. The molecule has 0 bridgehead atoms. The number of anilines is 1. The zero-order valence-electron chi connectivity index (χ0n) is 12.6. The Morgan fingerprint density at radius 3 is 2.57 bits per heavy atom. The van der Waals surface area contributed by atoms with Crippen LogP contribution in [0.4, 0.5) is 5.82 Å². The van der Waals surface area contributed by atoms with E-state index in [1.165, 1.54) is 0 Å². The van der Waals surface area contributed by atoms with Gasteiger partial charge < -0.3 is 10.4 Å². The molecule has 3 aromatic rings. The molecule has 5 nitrogen and oxygen atoms in total. The molecule has 6 heteroatoms. The number of aromatic nitrogens is 3. The minimum atomic E-state index is -0.0466. The van der Waals surface area contributed by atoms with Gasteiger partial charge in [-0.3, -0.25) is 4.98 Å². The number of aliphatic hydroxyl groups excluding tert-OH is 1. The Morgan fingerprint density at radius 2 is 1.83 bits per heavy atom. The molecule has 0 saturated carbocycles. The third-order valence-corrected chi connectivity index (χ3v) is 4.25. The van der Waals surface area contributed by atoms with Crippen LogP contribution in [0.15, 0.2) is 53.3 Å². The standard InChI is InChI=1S/C17H17BrN4O/c1-11(10-23)16(12-2-4-13(18)5-3-12)21-15-7-6-14-17(22-15)20-9-8-19-14/h2-9,11,16,23H,10H2,1H3,(H,20,21,22)/t11-,16-/m1/s1. The van der Waals surface area contributed by atoms with Gasteiger partial charge in [0.1, 0.15) is 11.3 Å². The Hall–Kier alpha value is -2.05. The lowest BCUT2D eigenvalue weighted by Gasteiger charge is -2.25. The molecule has 3 rings (SSSR count). The summed E-state index contributed by atoms with van der Waals surface area (Å²) in [6.45, 7) is 2.09. The van der Waals surface area contributed by atoms with Gasteiger partial charge in [0.05, 0.1) is 6.04 Å². The zero-order valence-corrected chi connectivity index (χ0v) is 14.2. The number of fused-ring (bicyclic) bond motifs is 1. The lowest BCUT2D eigenvalue weighted by atomic mass is 9.95. The molecule has 2 aromatic heterocycles. The van der Waals surface area contributed by atoms with Crippen LogP contribution >= 0.6 is 15.9 Å². The molecule has 0 radical (unpaired) electrons. The molecular weight excluding hydrogens is 356 g/mol. The highest BCUT2D eigenvalue weighted by molar-refractivity contribution is 9.10. The SMILES string of the molecule is C[C@H](CO)[C@@H](Nc1ccc2nccnc2n1)c1ccc(Br)cc1. The van der Waals surface area contributed by atoms with Crippen molar-refractivity contribution in [2.24, 2.45) is 5.92 Å². The maximum absolute atomic E-state index is 9.58. The molecule has 0 aliphatic rings. The summed E-state index contributed by atoms with van der Waals surface area (Å²) in [4.78, 5) is 13.0. The van der Waals surface area contributed by atoms with Crippen LogP contribution in [0.2, 0.25) is 0 Å². The van der Waals surface area contributed by atoms with Gasteiger partial charge in [0.25, 0.3) is 0 Å². The van der Waals surface area contributed by atoms with Crippen LogP contribution in [0.5, 0.6) is 0 Å². The fourth-order valence-electron chi connectivity index (χ4n) is 2.42. The fraction of sp³-hybridized carbons (Fsp3) is 0.235. The number of rotatable bonds is 5. The van der Waals surface area contributed by atoms with Crippen molar-refractivity contribution in [2.45, 2.75) is 13.0 Å². The van der Waals surface area contributed by atoms with Crippen molar-refractivity contribution >= 4 is 32.9 Å². The van der Waals surface area contributed by atoms with Gasteiger partial charge in [-0.05, 0) is 29.8 Å². The number of nitrogens with zero attached hydrogens (tertiary/aromatic N) is 3. The van der Waals surface area contributed by atoms with Gasteiger partial charge in [-0.15, -0.1) is 0 Å². The first kappa shape index (κ1) is 15.8. The smallest absolute Gasteiger partial charge is 0.180 e. The number of aliphatic hydroxyl groups is 1. The van der Waals surface area contributed by atoms with E-state index in [0.717, 1.165) is 15.6 Å².